The van der Waals surface area contributed by atoms with Crippen LogP contribution in [0.5, 0.6) is 17.2 Å². The van der Waals surface area contributed by atoms with E-state index in [0.717, 1.165) is 11.3 Å². The Labute approximate surface area is 183 Å². The van der Waals surface area contributed by atoms with Gasteiger partial charge >= 0.3 is 0 Å². The second-order valence-electron chi connectivity index (χ2n) is 6.44. The summed E-state index contributed by atoms with van der Waals surface area (Å²) in [5.41, 5.74) is 1.49. The summed E-state index contributed by atoms with van der Waals surface area (Å²) in [7, 11) is 1.62. The van der Waals surface area contributed by atoms with Gasteiger partial charge in [0.2, 0.25) is 11.1 Å². The molecular formula is C23H20N4O3S. The molecule has 2 N–H and O–H groups in total. The standard InChI is InChI=1S/C23H20N4O3S/c1-29-17-13-11-16(12-14-17)22-25-23(27-26-22)31-15-21(28)24-19-9-5-6-10-20(19)30-18-7-3-2-4-8-18/h2-14H,15H2,1H3,(H,24,28)(H,25,26,27). The highest BCUT2D eigenvalue weighted by atomic mass is 32.2. The van der Waals surface area contributed by atoms with E-state index in [1.54, 1.807) is 13.2 Å². The second kappa shape index (κ2) is 9.82. The highest BCUT2D eigenvalue weighted by Gasteiger charge is 2.12. The van der Waals surface area contributed by atoms with Crippen molar-refractivity contribution in [2.75, 3.05) is 18.2 Å². The zero-order chi connectivity index (χ0) is 21.5. The lowest BCUT2D eigenvalue weighted by Gasteiger charge is -2.11. The first-order valence-electron chi connectivity index (χ1n) is 9.52. The Kier molecular flexibility index (Phi) is 6.49. The molecule has 1 amide bonds. The van der Waals surface area contributed by atoms with Crippen LogP contribution in [-0.2, 0) is 4.79 Å². The van der Waals surface area contributed by atoms with E-state index in [2.05, 4.69) is 20.5 Å². The van der Waals surface area contributed by atoms with Crippen molar-refractivity contribution in [1.82, 2.24) is 15.2 Å². The highest BCUT2D eigenvalue weighted by molar-refractivity contribution is 7.99. The van der Waals surface area contributed by atoms with Crippen molar-refractivity contribution in [2.24, 2.45) is 0 Å². The normalized spacial score (nSPS) is 10.5. The minimum absolute atomic E-state index is 0.166. The van der Waals surface area contributed by atoms with Gasteiger partial charge < -0.3 is 14.8 Å². The fourth-order valence-corrected chi connectivity index (χ4v) is 3.38. The van der Waals surface area contributed by atoms with Crippen LogP contribution in [0.1, 0.15) is 0 Å². The number of carbonyl (C=O) groups excluding carboxylic acids is 1. The lowest BCUT2D eigenvalue weighted by Crippen LogP contribution is -2.14. The highest BCUT2D eigenvalue weighted by Crippen LogP contribution is 2.29. The average molecular weight is 433 g/mol. The molecule has 4 rings (SSSR count). The number of rotatable bonds is 8. The Balaban J connectivity index is 1.35. The second-order valence-corrected chi connectivity index (χ2v) is 7.39. The molecule has 0 saturated carbocycles. The molecule has 0 atom stereocenters. The number of methoxy groups -OCH3 is 1. The molecule has 7 nitrogen and oxygen atoms in total. The maximum absolute atomic E-state index is 12.5. The third-order valence-electron chi connectivity index (χ3n) is 4.29. The number of thioether (sulfide) groups is 1. The van der Waals surface area contributed by atoms with Crippen LogP contribution in [0.25, 0.3) is 11.4 Å². The summed E-state index contributed by atoms with van der Waals surface area (Å²) in [5.74, 6) is 2.67. The maximum Gasteiger partial charge on any atom is 0.234 e. The van der Waals surface area contributed by atoms with Gasteiger partial charge in [0.1, 0.15) is 11.5 Å². The summed E-state index contributed by atoms with van der Waals surface area (Å²) in [4.78, 5) is 16.9. The van der Waals surface area contributed by atoms with Gasteiger partial charge in [-0.1, -0.05) is 42.1 Å². The lowest BCUT2D eigenvalue weighted by atomic mass is 10.2. The molecule has 0 radical (unpaired) electrons. The third-order valence-corrected chi connectivity index (χ3v) is 5.14. The van der Waals surface area contributed by atoms with Crippen LogP contribution >= 0.6 is 11.8 Å². The monoisotopic (exact) mass is 432 g/mol. The fourth-order valence-electron chi connectivity index (χ4n) is 2.78. The van der Waals surface area contributed by atoms with Crippen molar-refractivity contribution in [3.05, 3.63) is 78.9 Å². The van der Waals surface area contributed by atoms with E-state index >= 15 is 0 Å². The van der Waals surface area contributed by atoms with Crippen LogP contribution in [0.3, 0.4) is 0 Å². The van der Waals surface area contributed by atoms with Crippen LogP contribution in [0.2, 0.25) is 0 Å². The van der Waals surface area contributed by atoms with E-state index in [4.69, 9.17) is 9.47 Å². The van der Waals surface area contributed by atoms with Gasteiger partial charge in [-0.05, 0) is 48.5 Å². The molecule has 8 heteroatoms. The zero-order valence-electron chi connectivity index (χ0n) is 16.7. The third kappa shape index (κ3) is 5.43. The van der Waals surface area contributed by atoms with Crippen molar-refractivity contribution in [2.45, 2.75) is 5.16 Å². The molecular weight excluding hydrogens is 412 g/mol. The van der Waals surface area contributed by atoms with Gasteiger partial charge in [0.15, 0.2) is 11.6 Å². The number of para-hydroxylation sites is 3. The van der Waals surface area contributed by atoms with Gasteiger partial charge in [0.25, 0.3) is 0 Å². The number of nitrogens with one attached hydrogen (secondary N) is 2. The van der Waals surface area contributed by atoms with Crippen molar-refractivity contribution < 1.29 is 14.3 Å². The largest absolute Gasteiger partial charge is 0.497 e. The molecule has 0 saturated heterocycles. The van der Waals surface area contributed by atoms with Gasteiger partial charge in [-0.2, -0.15) is 0 Å². The van der Waals surface area contributed by atoms with Gasteiger partial charge in [0, 0.05) is 5.56 Å². The Morgan fingerprint density at radius 2 is 1.71 bits per heavy atom. The topological polar surface area (TPSA) is 89.1 Å². The number of aromatic nitrogens is 3. The average Bonchev–Trinajstić information content (AvgIpc) is 3.29. The Hall–Kier alpha value is -3.78. The van der Waals surface area contributed by atoms with Crippen LogP contribution in [0.15, 0.2) is 84.0 Å². The Morgan fingerprint density at radius 1 is 0.968 bits per heavy atom. The minimum Gasteiger partial charge on any atom is -0.497 e. The molecule has 0 spiro atoms. The predicted octanol–water partition coefficient (Wildman–Crippen LogP) is 5.00. The maximum atomic E-state index is 12.5. The molecule has 1 aromatic heterocycles. The van der Waals surface area contributed by atoms with Crippen LogP contribution in [0.4, 0.5) is 5.69 Å². The van der Waals surface area contributed by atoms with E-state index in [1.807, 2.05) is 72.8 Å². The number of ether oxygens (including phenoxy) is 2. The first kappa shape index (κ1) is 20.5. The van der Waals surface area contributed by atoms with Gasteiger partial charge in [-0.25, -0.2) is 4.98 Å². The summed E-state index contributed by atoms with van der Waals surface area (Å²) in [6.07, 6.45) is 0. The molecule has 3 aromatic carbocycles. The van der Waals surface area contributed by atoms with Crippen LogP contribution < -0.4 is 14.8 Å². The number of H-pyrrole nitrogens is 1. The molecule has 0 aliphatic rings. The summed E-state index contributed by atoms with van der Waals surface area (Å²) in [6.45, 7) is 0. The SMILES string of the molecule is COc1ccc(-c2nc(SCC(=O)Nc3ccccc3Oc3ccccc3)n[nH]2)cc1. The smallest absolute Gasteiger partial charge is 0.234 e. The summed E-state index contributed by atoms with van der Waals surface area (Å²) in [6, 6.07) is 24.2. The van der Waals surface area contributed by atoms with Crippen LogP contribution in [0, 0.1) is 0 Å². The molecule has 0 aliphatic heterocycles. The summed E-state index contributed by atoms with van der Waals surface area (Å²) in [5, 5.41) is 10.5. The quantitative estimate of drug-likeness (QED) is 0.381. The number of benzene rings is 3. The molecule has 4 aromatic rings. The number of carbonyl (C=O) groups is 1. The molecule has 1 heterocycles. The predicted molar refractivity (Wildman–Crippen MR) is 121 cm³/mol. The number of anilines is 1. The molecule has 0 bridgehead atoms. The van der Waals surface area contributed by atoms with Gasteiger partial charge in [-0.3, -0.25) is 9.89 Å². The van der Waals surface area contributed by atoms with Crippen molar-refractivity contribution in [3.8, 4) is 28.6 Å². The van der Waals surface area contributed by atoms with Crippen molar-refractivity contribution >= 4 is 23.4 Å². The minimum atomic E-state index is -0.176. The zero-order valence-corrected chi connectivity index (χ0v) is 17.6. The van der Waals surface area contributed by atoms with E-state index in [0.29, 0.717) is 28.2 Å². The number of hydrogen-bond acceptors (Lipinski definition) is 6. The number of aromatic amines is 1. The van der Waals surface area contributed by atoms with E-state index in [1.165, 1.54) is 11.8 Å². The molecule has 31 heavy (non-hydrogen) atoms. The fraction of sp³-hybridized carbons (Fsp3) is 0.0870. The van der Waals surface area contributed by atoms with Crippen molar-refractivity contribution in [1.29, 1.82) is 0 Å². The van der Waals surface area contributed by atoms with Crippen molar-refractivity contribution in [3.63, 3.8) is 0 Å². The molecule has 0 unspecified atom stereocenters. The Bertz CT molecular complexity index is 1150. The van der Waals surface area contributed by atoms with Gasteiger partial charge in [0.05, 0.1) is 18.6 Å². The molecule has 0 aliphatic carbocycles. The molecule has 156 valence electrons. The molecule has 0 fully saturated rings. The first-order chi connectivity index (χ1) is 15.2. The summed E-state index contributed by atoms with van der Waals surface area (Å²) >= 11 is 1.25. The number of nitrogens with zero attached hydrogens (tertiary/aromatic N) is 2. The number of hydrogen-bond donors (Lipinski definition) is 2. The number of amides is 1. The van der Waals surface area contributed by atoms with Crippen LogP contribution in [-0.4, -0.2) is 34.0 Å². The summed E-state index contributed by atoms with van der Waals surface area (Å²) < 4.78 is 11.0. The lowest BCUT2D eigenvalue weighted by molar-refractivity contribution is -0.113. The van der Waals surface area contributed by atoms with E-state index in [-0.39, 0.29) is 11.7 Å². The van der Waals surface area contributed by atoms with E-state index in [9.17, 15) is 4.79 Å². The van der Waals surface area contributed by atoms with Gasteiger partial charge in [-0.15, -0.1) is 5.10 Å². The Morgan fingerprint density at radius 3 is 2.48 bits per heavy atom. The van der Waals surface area contributed by atoms with E-state index < -0.39 is 0 Å². The first-order valence-corrected chi connectivity index (χ1v) is 10.5.